The van der Waals surface area contributed by atoms with E-state index in [1.54, 1.807) is 0 Å². The molecule has 0 aliphatic carbocycles. The first-order valence-corrected chi connectivity index (χ1v) is 13.5. The van der Waals surface area contributed by atoms with Crippen LogP contribution in [0.4, 0.5) is 0 Å². The molecule has 1 aliphatic heterocycles. The second-order valence-electron chi connectivity index (χ2n) is 10.5. The minimum Gasteiger partial charge on any atom is -0.293 e. The predicted octanol–water partition coefficient (Wildman–Crippen LogP) is 6.45. The first kappa shape index (κ1) is 22.4. The minimum absolute atomic E-state index is 0.190. The van der Waals surface area contributed by atoms with Crippen LogP contribution in [-0.4, -0.2) is 16.3 Å². The Labute approximate surface area is 212 Å². The first-order chi connectivity index (χ1) is 16.9. The average Bonchev–Trinajstić information content (AvgIpc) is 3.40. The van der Waals surface area contributed by atoms with Crippen molar-refractivity contribution in [2.45, 2.75) is 53.4 Å². The van der Waals surface area contributed by atoms with Crippen LogP contribution in [0.3, 0.4) is 0 Å². The molecule has 1 aliphatic rings. The number of nitrogens with zero attached hydrogens (tertiary/aromatic N) is 2. The maximum atomic E-state index is 5.22. The standard InChI is InChI=1S/C31H31BN2S/c1-18(2)22-11-9-12-23(19(3)4)29(22)32-24-13-7-8-16-27(24)34-30-25(32)14-10-15-26(30)33-31(34)28-17-20(5)21(6)35-28/h7-19H,1-6H3. The van der Waals surface area contributed by atoms with Crippen molar-refractivity contribution >= 4 is 45.5 Å². The number of fused-ring (bicyclic) bond motifs is 2. The van der Waals surface area contributed by atoms with Crippen molar-refractivity contribution in [1.82, 2.24) is 9.55 Å². The quantitative estimate of drug-likeness (QED) is 0.269. The summed E-state index contributed by atoms with van der Waals surface area (Å²) in [7, 11) is 0. The zero-order valence-corrected chi connectivity index (χ0v) is 22.2. The molecule has 0 unspecified atom stereocenters. The van der Waals surface area contributed by atoms with Crippen LogP contribution in [0.1, 0.15) is 61.1 Å². The summed E-state index contributed by atoms with van der Waals surface area (Å²) in [5.41, 5.74) is 12.0. The molecule has 0 saturated heterocycles. The topological polar surface area (TPSA) is 17.8 Å². The number of rotatable bonds is 4. The summed E-state index contributed by atoms with van der Waals surface area (Å²) in [4.78, 5) is 7.82. The van der Waals surface area contributed by atoms with Crippen LogP contribution in [0.25, 0.3) is 27.4 Å². The molecule has 4 heteroatoms. The van der Waals surface area contributed by atoms with Crippen molar-refractivity contribution in [2.24, 2.45) is 0 Å². The van der Waals surface area contributed by atoms with Crippen LogP contribution in [0.5, 0.6) is 0 Å². The summed E-state index contributed by atoms with van der Waals surface area (Å²) < 4.78 is 2.42. The summed E-state index contributed by atoms with van der Waals surface area (Å²) >= 11 is 1.84. The molecule has 0 radical (unpaired) electrons. The smallest absolute Gasteiger partial charge is 0.247 e. The molecule has 35 heavy (non-hydrogen) atoms. The SMILES string of the molecule is Cc1cc(-c2nc3cccc4c3n2-c2ccccc2B4c2c(C(C)C)cccc2C(C)C)sc1C. The highest BCUT2D eigenvalue weighted by atomic mass is 32.1. The van der Waals surface area contributed by atoms with Gasteiger partial charge in [0.2, 0.25) is 6.71 Å². The van der Waals surface area contributed by atoms with Crippen molar-refractivity contribution in [1.29, 1.82) is 0 Å². The maximum absolute atomic E-state index is 5.22. The van der Waals surface area contributed by atoms with E-state index >= 15 is 0 Å². The average molecular weight is 474 g/mol. The number of hydrogen-bond acceptors (Lipinski definition) is 2. The molecule has 0 bridgehead atoms. The van der Waals surface area contributed by atoms with Gasteiger partial charge in [0.15, 0.2) is 5.82 Å². The van der Waals surface area contributed by atoms with Gasteiger partial charge in [0, 0.05) is 10.6 Å². The summed E-state index contributed by atoms with van der Waals surface area (Å²) in [5.74, 6) is 1.96. The molecule has 3 aromatic carbocycles. The summed E-state index contributed by atoms with van der Waals surface area (Å²) in [6.07, 6.45) is 0. The van der Waals surface area contributed by atoms with Crippen molar-refractivity contribution in [3.05, 3.63) is 88.3 Å². The Morgan fingerprint density at radius 2 is 1.46 bits per heavy atom. The number of para-hydroxylation sites is 2. The van der Waals surface area contributed by atoms with Gasteiger partial charge >= 0.3 is 0 Å². The summed E-state index contributed by atoms with van der Waals surface area (Å²) in [6, 6.07) is 24.9. The third kappa shape index (κ3) is 3.34. The van der Waals surface area contributed by atoms with E-state index in [1.807, 2.05) is 11.3 Å². The normalized spacial score (nSPS) is 12.7. The van der Waals surface area contributed by atoms with Crippen LogP contribution in [0.15, 0.2) is 66.7 Å². The maximum Gasteiger partial charge on any atom is 0.247 e. The van der Waals surface area contributed by atoms with Gasteiger partial charge in [-0.2, -0.15) is 0 Å². The van der Waals surface area contributed by atoms with E-state index in [1.165, 1.54) is 54.0 Å². The predicted molar refractivity (Wildman–Crippen MR) is 153 cm³/mol. The van der Waals surface area contributed by atoms with E-state index < -0.39 is 0 Å². The number of thiophene rings is 1. The lowest BCUT2D eigenvalue weighted by Crippen LogP contribution is -2.58. The van der Waals surface area contributed by atoms with Crippen molar-refractivity contribution < 1.29 is 0 Å². The highest BCUT2D eigenvalue weighted by molar-refractivity contribution is 7.15. The van der Waals surface area contributed by atoms with E-state index in [-0.39, 0.29) is 6.71 Å². The number of imidazole rings is 1. The van der Waals surface area contributed by atoms with Crippen LogP contribution in [0, 0.1) is 13.8 Å². The van der Waals surface area contributed by atoms with Gasteiger partial charge in [0.1, 0.15) is 0 Å². The first-order valence-electron chi connectivity index (χ1n) is 12.7. The molecule has 174 valence electrons. The number of aryl methyl sites for hydroxylation is 2. The van der Waals surface area contributed by atoms with Gasteiger partial charge in [-0.15, -0.1) is 11.3 Å². The monoisotopic (exact) mass is 474 g/mol. The lowest BCUT2D eigenvalue weighted by atomic mass is 9.33. The molecule has 2 nitrogen and oxygen atoms in total. The zero-order chi connectivity index (χ0) is 24.4. The van der Waals surface area contributed by atoms with Gasteiger partial charge in [0.25, 0.3) is 0 Å². The fourth-order valence-corrected chi connectivity index (χ4v) is 6.84. The molecule has 0 atom stereocenters. The molecule has 0 saturated carbocycles. The Bertz CT molecular complexity index is 1540. The van der Waals surface area contributed by atoms with E-state index in [0.29, 0.717) is 11.8 Å². The number of aromatic nitrogens is 2. The van der Waals surface area contributed by atoms with Crippen LogP contribution in [-0.2, 0) is 0 Å². The minimum atomic E-state index is 0.190. The van der Waals surface area contributed by atoms with Crippen LogP contribution < -0.4 is 16.4 Å². The Kier molecular flexibility index (Phi) is 5.26. The molecule has 0 N–H and O–H groups in total. The van der Waals surface area contributed by atoms with Crippen molar-refractivity contribution in [2.75, 3.05) is 0 Å². The molecule has 5 aromatic rings. The third-order valence-electron chi connectivity index (χ3n) is 7.60. The molecule has 2 aromatic heterocycles. The van der Waals surface area contributed by atoms with Crippen molar-refractivity contribution in [3.8, 4) is 16.4 Å². The van der Waals surface area contributed by atoms with E-state index in [9.17, 15) is 0 Å². The van der Waals surface area contributed by atoms with Gasteiger partial charge in [-0.05, 0) is 71.5 Å². The van der Waals surface area contributed by atoms with Gasteiger partial charge in [-0.1, -0.05) is 81.7 Å². The van der Waals surface area contributed by atoms with E-state index in [0.717, 1.165) is 11.3 Å². The molecule has 0 fully saturated rings. The molecule has 0 spiro atoms. The van der Waals surface area contributed by atoms with Gasteiger partial charge in [-0.25, -0.2) is 4.98 Å². The largest absolute Gasteiger partial charge is 0.293 e. The van der Waals surface area contributed by atoms with Gasteiger partial charge in [0.05, 0.1) is 15.9 Å². The lowest BCUT2D eigenvalue weighted by Gasteiger charge is -2.31. The molecule has 0 amide bonds. The highest BCUT2D eigenvalue weighted by Gasteiger charge is 2.37. The summed E-state index contributed by atoms with van der Waals surface area (Å²) in [6.45, 7) is 13.9. The second kappa shape index (κ2) is 8.24. The Hall–Kier alpha value is -3.11. The Morgan fingerprint density at radius 3 is 2.11 bits per heavy atom. The fraction of sp³-hybridized carbons (Fsp3) is 0.258. The van der Waals surface area contributed by atoms with Gasteiger partial charge < -0.3 is 0 Å². The van der Waals surface area contributed by atoms with E-state index in [2.05, 4.69) is 113 Å². The Balaban J connectivity index is 1.74. The number of benzene rings is 3. The Morgan fingerprint density at radius 1 is 0.800 bits per heavy atom. The summed E-state index contributed by atoms with van der Waals surface area (Å²) in [5, 5.41) is 0. The van der Waals surface area contributed by atoms with Gasteiger partial charge in [-0.3, -0.25) is 4.57 Å². The second-order valence-corrected chi connectivity index (χ2v) is 11.7. The fourth-order valence-electron chi connectivity index (χ4n) is 5.82. The van der Waals surface area contributed by atoms with Crippen molar-refractivity contribution in [3.63, 3.8) is 0 Å². The highest BCUT2D eigenvalue weighted by Crippen LogP contribution is 2.35. The van der Waals surface area contributed by atoms with E-state index in [4.69, 9.17) is 4.98 Å². The van der Waals surface area contributed by atoms with Crippen LogP contribution >= 0.6 is 11.3 Å². The molecular formula is C31H31BN2S. The third-order valence-corrected chi connectivity index (χ3v) is 8.75. The molecular weight excluding hydrogens is 443 g/mol. The zero-order valence-electron chi connectivity index (χ0n) is 21.4. The molecule has 6 rings (SSSR count). The van der Waals surface area contributed by atoms with Crippen LogP contribution in [0.2, 0.25) is 0 Å². The molecule has 3 heterocycles. The number of hydrogen-bond donors (Lipinski definition) is 0. The lowest BCUT2D eigenvalue weighted by molar-refractivity contribution is 0.845.